The van der Waals surface area contributed by atoms with Gasteiger partial charge in [-0.3, -0.25) is 14.4 Å². The van der Waals surface area contributed by atoms with E-state index < -0.39 is 0 Å². The van der Waals surface area contributed by atoms with E-state index in [1.807, 2.05) is 44.3 Å². The number of rotatable bonds is 4. The van der Waals surface area contributed by atoms with E-state index in [4.69, 9.17) is 4.52 Å². The summed E-state index contributed by atoms with van der Waals surface area (Å²) in [6.45, 7) is 12.0. The van der Waals surface area contributed by atoms with Gasteiger partial charge in [0, 0.05) is 56.6 Å². The molecule has 2 aromatic rings. The zero-order valence-corrected chi connectivity index (χ0v) is 15.8. The number of nitrogens with zero attached hydrogens (tertiary/aromatic N) is 5. The highest BCUT2D eigenvalue weighted by atomic mass is 16.5. The third-order valence-electron chi connectivity index (χ3n) is 5.27. The van der Waals surface area contributed by atoms with E-state index in [0.717, 1.165) is 61.1 Å². The first-order valence-electron chi connectivity index (χ1n) is 8.77. The second kappa shape index (κ2) is 7.00. The number of aromatic nitrogens is 3. The highest BCUT2D eigenvalue weighted by molar-refractivity contribution is 5.79. The van der Waals surface area contributed by atoms with Crippen molar-refractivity contribution < 1.29 is 9.32 Å². The maximum Gasteiger partial charge on any atom is 0.227 e. The van der Waals surface area contributed by atoms with Crippen LogP contribution in [-0.4, -0.2) is 56.8 Å². The highest BCUT2D eigenvalue weighted by Crippen LogP contribution is 2.18. The van der Waals surface area contributed by atoms with Crippen LogP contribution < -0.4 is 0 Å². The summed E-state index contributed by atoms with van der Waals surface area (Å²) in [4.78, 5) is 17.0. The van der Waals surface area contributed by atoms with Crippen LogP contribution in [0, 0.1) is 27.7 Å². The summed E-state index contributed by atoms with van der Waals surface area (Å²) in [6, 6.07) is 0. The van der Waals surface area contributed by atoms with Crippen molar-refractivity contribution in [3.8, 4) is 0 Å². The molecule has 0 saturated carbocycles. The van der Waals surface area contributed by atoms with Gasteiger partial charge in [0.05, 0.1) is 17.8 Å². The van der Waals surface area contributed by atoms with Crippen molar-refractivity contribution in [2.45, 2.75) is 40.7 Å². The van der Waals surface area contributed by atoms with Gasteiger partial charge in [-0.2, -0.15) is 5.10 Å². The minimum atomic E-state index is 0.191. The molecule has 1 aliphatic heterocycles. The Balaban J connectivity index is 1.56. The fourth-order valence-corrected chi connectivity index (χ4v) is 3.44. The monoisotopic (exact) mass is 345 g/mol. The van der Waals surface area contributed by atoms with E-state index in [0.29, 0.717) is 6.42 Å². The lowest BCUT2D eigenvalue weighted by molar-refractivity contribution is -0.132. The van der Waals surface area contributed by atoms with Gasteiger partial charge in [0.15, 0.2) is 0 Å². The first-order chi connectivity index (χ1) is 11.9. The molecule has 3 rings (SSSR count). The van der Waals surface area contributed by atoms with Gasteiger partial charge in [-0.05, 0) is 27.7 Å². The fourth-order valence-electron chi connectivity index (χ4n) is 3.44. The molecule has 0 aromatic carbocycles. The number of aryl methyl sites for hydroxylation is 4. The van der Waals surface area contributed by atoms with E-state index in [2.05, 4.69) is 15.2 Å². The average Bonchev–Trinajstić information content (AvgIpc) is 3.02. The summed E-state index contributed by atoms with van der Waals surface area (Å²) < 4.78 is 7.08. The van der Waals surface area contributed by atoms with Crippen molar-refractivity contribution in [1.29, 1.82) is 0 Å². The van der Waals surface area contributed by atoms with Crippen LogP contribution in [-0.2, 0) is 24.8 Å². The Morgan fingerprint density at radius 2 is 1.72 bits per heavy atom. The normalized spacial score (nSPS) is 15.8. The van der Waals surface area contributed by atoms with Crippen LogP contribution >= 0.6 is 0 Å². The Labute approximate surface area is 148 Å². The van der Waals surface area contributed by atoms with Crippen LogP contribution in [0.2, 0.25) is 0 Å². The maximum atomic E-state index is 12.7. The molecule has 1 aliphatic rings. The number of piperazine rings is 1. The zero-order chi connectivity index (χ0) is 18.1. The van der Waals surface area contributed by atoms with Gasteiger partial charge in [-0.25, -0.2) is 0 Å². The molecule has 7 nitrogen and oxygen atoms in total. The Bertz CT molecular complexity index is 749. The lowest BCUT2D eigenvalue weighted by atomic mass is 10.1. The smallest absolute Gasteiger partial charge is 0.227 e. The van der Waals surface area contributed by atoms with Gasteiger partial charge in [0.2, 0.25) is 5.91 Å². The summed E-state index contributed by atoms with van der Waals surface area (Å²) in [7, 11) is 1.92. The van der Waals surface area contributed by atoms with Crippen molar-refractivity contribution in [3.05, 3.63) is 34.0 Å². The molecule has 0 N–H and O–H groups in total. The van der Waals surface area contributed by atoms with Crippen molar-refractivity contribution >= 4 is 5.91 Å². The van der Waals surface area contributed by atoms with Crippen molar-refractivity contribution in [2.75, 3.05) is 26.2 Å². The quantitative estimate of drug-likeness (QED) is 0.841. The van der Waals surface area contributed by atoms with Crippen molar-refractivity contribution in [2.24, 2.45) is 7.05 Å². The SMILES string of the molecule is Cc1noc(C)c1CN1CCN(C(=O)Cc2c(C)nn(C)c2C)CC1. The molecule has 2 aromatic heterocycles. The minimum Gasteiger partial charge on any atom is -0.361 e. The van der Waals surface area contributed by atoms with E-state index >= 15 is 0 Å². The van der Waals surface area contributed by atoms with Gasteiger partial charge >= 0.3 is 0 Å². The molecule has 0 unspecified atom stereocenters. The summed E-state index contributed by atoms with van der Waals surface area (Å²) in [6.07, 6.45) is 0.440. The predicted octanol–water partition coefficient (Wildman–Crippen LogP) is 1.53. The molecule has 0 atom stereocenters. The van der Waals surface area contributed by atoms with Crippen LogP contribution in [0.1, 0.15) is 34.0 Å². The van der Waals surface area contributed by atoms with Crippen molar-refractivity contribution in [3.63, 3.8) is 0 Å². The number of amides is 1. The minimum absolute atomic E-state index is 0.191. The fraction of sp³-hybridized carbons (Fsp3) is 0.611. The number of hydrogen-bond donors (Lipinski definition) is 0. The molecule has 3 heterocycles. The summed E-state index contributed by atoms with van der Waals surface area (Å²) in [5.41, 5.74) is 5.21. The molecule has 0 spiro atoms. The van der Waals surface area contributed by atoms with Gasteiger partial charge in [0.1, 0.15) is 5.76 Å². The first kappa shape index (κ1) is 17.7. The lowest BCUT2D eigenvalue weighted by Crippen LogP contribution is -2.48. The van der Waals surface area contributed by atoms with E-state index in [1.54, 1.807) is 0 Å². The molecule has 0 bridgehead atoms. The van der Waals surface area contributed by atoms with Crippen LogP contribution in [0.4, 0.5) is 0 Å². The molecule has 0 aliphatic carbocycles. The molecule has 1 fully saturated rings. The van der Waals surface area contributed by atoms with Gasteiger partial charge in [-0.1, -0.05) is 5.16 Å². The molecule has 25 heavy (non-hydrogen) atoms. The second-order valence-electron chi connectivity index (χ2n) is 6.91. The molecule has 136 valence electrons. The Morgan fingerprint density at radius 3 is 2.24 bits per heavy atom. The molecule has 1 amide bonds. The summed E-state index contributed by atoms with van der Waals surface area (Å²) in [5.74, 6) is 1.08. The molecule has 7 heteroatoms. The van der Waals surface area contributed by atoms with E-state index in [9.17, 15) is 4.79 Å². The first-order valence-corrected chi connectivity index (χ1v) is 8.77. The summed E-state index contributed by atoms with van der Waals surface area (Å²) in [5, 5.41) is 8.42. The Kier molecular flexibility index (Phi) is 4.94. The zero-order valence-electron chi connectivity index (χ0n) is 15.8. The van der Waals surface area contributed by atoms with Gasteiger partial charge < -0.3 is 9.42 Å². The topological polar surface area (TPSA) is 67.4 Å². The molecule has 1 saturated heterocycles. The number of hydrogen-bond acceptors (Lipinski definition) is 5. The largest absolute Gasteiger partial charge is 0.361 e. The third-order valence-corrected chi connectivity index (χ3v) is 5.27. The predicted molar refractivity (Wildman–Crippen MR) is 94.2 cm³/mol. The lowest BCUT2D eigenvalue weighted by Gasteiger charge is -2.34. The Hall–Kier alpha value is -2.15. The van der Waals surface area contributed by atoms with Crippen LogP contribution in [0.15, 0.2) is 4.52 Å². The average molecular weight is 345 g/mol. The van der Waals surface area contributed by atoms with Crippen LogP contribution in [0.5, 0.6) is 0 Å². The highest BCUT2D eigenvalue weighted by Gasteiger charge is 2.24. The van der Waals surface area contributed by atoms with Gasteiger partial charge in [0.25, 0.3) is 0 Å². The second-order valence-corrected chi connectivity index (χ2v) is 6.91. The molecular formula is C18H27N5O2. The van der Waals surface area contributed by atoms with Crippen molar-refractivity contribution in [1.82, 2.24) is 24.7 Å². The standard InChI is InChI=1S/C18H27N5O2/c1-12-16(14(3)21(5)19-12)10-18(24)23-8-6-22(7-9-23)11-17-13(2)20-25-15(17)4/h6-11H2,1-5H3. The molecular weight excluding hydrogens is 318 g/mol. The third kappa shape index (κ3) is 3.61. The number of carbonyl (C=O) groups is 1. The van der Waals surface area contributed by atoms with E-state index in [-0.39, 0.29) is 5.91 Å². The van der Waals surface area contributed by atoms with Crippen LogP contribution in [0.3, 0.4) is 0 Å². The van der Waals surface area contributed by atoms with Crippen LogP contribution in [0.25, 0.3) is 0 Å². The Morgan fingerprint density at radius 1 is 1.04 bits per heavy atom. The number of carbonyl (C=O) groups excluding carboxylic acids is 1. The van der Waals surface area contributed by atoms with E-state index in [1.165, 1.54) is 5.56 Å². The summed E-state index contributed by atoms with van der Waals surface area (Å²) >= 11 is 0. The van der Waals surface area contributed by atoms with Gasteiger partial charge in [-0.15, -0.1) is 0 Å². The maximum absolute atomic E-state index is 12.7. The molecule has 0 radical (unpaired) electrons.